The van der Waals surface area contributed by atoms with Gasteiger partial charge in [0.2, 0.25) is 0 Å². The van der Waals surface area contributed by atoms with E-state index >= 15 is 0 Å². The number of carbonyl (C=O) groups excluding carboxylic acids is 2. The molecular weight excluding hydrogens is 468 g/mol. The fourth-order valence-corrected chi connectivity index (χ4v) is 4.23. The van der Waals surface area contributed by atoms with Gasteiger partial charge in [0.05, 0.1) is 0 Å². The van der Waals surface area contributed by atoms with Crippen LogP contribution < -0.4 is 0 Å². The highest BCUT2D eigenvalue weighted by Gasteiger charge is 2.22. The third-order valence-corrected chi connectivity index (χ3v) is 6.38. The van der Waals surface area contributed by atoms with Crippen molar-refractivity contribution < 1.29 is 29.3 Å². The summed E-state index contributed by atoms with van der Waals surface area (Å²) in [6.07, 6.45) is 0.844. The van der Waals surface area contributed by atoms with E-state index in [1.165, 1.54) is 0 Å². The number of benzene rings is 2. The molecule has 2 aromatic carbocycles. The number of hydrogen-bond donors (Lipinski definition) is 2. The number of carbonyl (C=O) groups is 2. The number of phenols is 2. The van der Waals surface area contributed by atoms with Gasteiger partial charge >= 0.3 is 11.9 Å². The van der Waals surface area contributed by atoms with E-state index in [0.29, 0.717) is 24.3 Å². The Labute approximate surface area is 222 Å². The Morgan fingerprint density at radius 3 is 1.57 bits per heavy atom. The van der Waals surface area contributed by atoms with Crippen LogP contribution in [0.4, 0.5) is 0 Å². The van der Waals surface area contributed by atoms with Crippen LogP contribution in [-0.2, 0) is 42.7 Å². The summed E-state index contributed by atoms with van der Waals surface area (Å²) in [4.78, 5) is 24.6. The molecule has 0 fully saturated rings. The van der Waals surface area contributed by atoms with Gasteiger partial charge in [0.15, 0.2) is 0 Å². The van der Waals surface area contributed by atoms with Gasteiger partial charge in [0.1, 0.15) is 24.2 Å². The summed E-state index contributed by atoms with van der Waals surface area (Å²) >= 11 is 0. The molecule has 1 atom stereocenters. The maximum Gasteiger partial charge on any atom is 0.306 e. The van der Waals surface area contributed by atoms with Crippen molar-refractivity contribution in [1.82, 2.24) is 0 Å². The first kappa shape index (κ1) is 30.2. The van der Waals surface area contributed by atoms with Gasteiger partial charge in [-0.2, -0.15) is 0 Å². The zero-order chi connectivity index (χ0) is 28.1. The van der Waals surface area contributed by atoms with Crippen LogP contribution in [-0.4, -0.2) is 34.9 Å². The van der Waals surface area contributed by atoms with Crippen molar-refractivity contribution in [3.8, 4) is 11.5 Å². The van der Waals surface area contributed by atoms with Crippen molar-refractivity contribution in [1.29, 1.82) is 0 Å². The number of aromatic hydroxyl groups is 2. The lowest BCUT2D eigenvalue weighted by molar-refractivity contribution is -0.157. The lowest BCUT2D eigenvalue weighted by Gasteiger charge is -2.23. The summed E-state index contributed by atoms with van der Waals surface area (Å²) in [5.41, 5.74) is 4.80. The largest absolute Gasteiger partial charge is 0.507 e. The number of ether oxygens (including phenoxy) is 2. The monoisotopic (exact) mass is 512 g/mol. The lowest BCUT2D eigenvalue weighted by atomic mass is 9.83. The predicted octanol–water partition coefficient (Wildman–Crippen LogP) is 6.35. The van der Waals surface area contributed by atoms with Crippen LogP contribution >= 0.6 is 0 Å². The van der Waals surface area contributed by atoms with Crippen molar-refractivity contribution in [3.05, 3.63) is 57.6 Å². The van der Waals surface area contributed by atoms with Crippen LogP contribution in [0.15, 0.2) is 24.3 Å². The van der Waals surface area contributed by atoms with Crippen LogP contribution in [0, 0.1) is 13.8 Å². The molecule has 0 aliphatic rings. The fourth-order valence-electron chi connectivity index (χ4n) is 4.23. The summed E-state index contributed by atoms with van der Waals surface area (Å²) in [7, 11) is 0. The minimum Gasteiger partial charge on any atom is -0.507 e. The van der Waals surface area contributed by atoms with Crippen LogP contribution in [0.2, 0.25) is 0 Å². The van der Waals surface area contributed by atoms with E-state index in [1.807, 2.05) is 79.7 Å². The Morgan fingerprint density at radius 2 is 1.16 bits per heavy atom. The molecular formula is C31H44O6. The van der Waals surface area contributed by atoms with Crippen LogP contribution in [0.1, 0.15) is 94.7 Å². The van der Waals surface area contributed by atoms with E-state index in [2.05, 4.69) is 0 Å². The van der Waals surface area contributed by atoms with E-state index < -0.39 is 6.10 Å². The second kappa shape index (κ2) is 12.0. The fraction of sp³-hybridized carbons (Fsp3) is 0.548. The molecule has 0 spiro atoms. The van der Waals surface area contributed by atoms with Crippen molar-refractivity contribution in [2.45, 2.75) is 105 Å². The Kier molecular flexibility index (Phi) is 9.81. The normalized spacial score (nSPS) is 12.8. The van der Waals surface area contributed by atoms with Crippen molar-refractivity contribution in [3.63, 3.8) is 0 Å². The van der Waals surface area contributed by atoms with Gasteiger partial charge in [0, 0.05) is 12.8 Å². The summed E-state index contributed by atoms with van der Waals surface area (Å²) in [6, 6.07) is 7.67. The Bertz CT molecular complexity index is 1120. The van der Waals surface area contributed by atoms with Gasteiger partial charge in [-0.05, 0) is 77.8 Å². The average molecular weight is 513 g/mol. The van der Waals surface area contributed by atoms with E-state index in [-0.39, 0.29) is 42.2 Å². The Hall–Kier alpha value is -3.02. The molecule has 2 N–H and O–H groups in total. The number of phenolic OH excluding ortho intramolecular Hbond substituents is 2. The van der Waals surface area contributed by atoms with Crippen molar-refractivity contribution in [2.24, 2.45) is 0 Å². The highest BCUT2D eigenvalue weighted by atomic mass is 16.6. The molecule has 0 amide bonds. The molecule has 0 saturated carbocycles. The third kappa shape index (κ3) is 8.80. The molecule has 1 unspecified atom stereocenters. The van der Waals surface area contributed by atoms with E-state index in [0.717, 1.165) is 33.4 Å². The average Bonchev–Trinajstić information content (AvgIpc) is 2.77. The zero-order valence-corrected chi connectivity index (χ0v) is 23.9. The van der Waals surface area contributed by atoms with Gasteiger partial charge < -0.3 is 19.7 Å². The lowest BCUT2D eigenvalue weighted by Crippen LogP contribution is -2.23. The predicted molar refractivity (Wildman–Crippen MR) is 146 cm³/mol. The van der Waals surface area contributed by atoms with Gasteiger partial charge in [-0.25, -0.2) is 0 Å². The summed E-state index contributed by atoms with van der Waals surface area (Å²) < 4.78 is 10.8. The number of aryl methyl sites for hydroxylation is 4. The number of hydrogen-bond acceptors (Lipinski definition) is 6. The van der Waals surface area contributed by atoms with Crippen LogP contribution in [0.25, 0.3) is 0 Å². The number of esters is 2. The van der Waals surface area contributed by atoms with Crippen LogP contribution in [0.5, 0.6) is 11.5 Å². The maximum atomic E-state index is 12.4. The summed E-state index contributed by atoms with van der Waals surface area (Å²) in [6.45, 7) is 17.6. The molecule has 6 nitrogen and oxygen atoms in total. The molecule has 0 bridgehead atoms. The topological polar surface area (TPSA) is 93.1 Å². The van der Waals surface area contributed by atoms with Gasteiger partial charge in [-0.1, -0.05) is 65.8 Å². The maximum absolute atomic E-state index is 12.4. The van der Waals surface area contributed by atoms with Gasteiger partial charge in [-0.3, -0.25) is 9.59 Å². The molecule has 204 valence electrons. The molecule has 0 aromatic heterocycles. The molecule has 37 heavy (non-hydrogen) atoms. The molecule has 0 aliphatic heterocycles. The molecule has 0 heterocycles. The molecule has 0 saturated heterocycles. The zero-order valence-electron chi connectivity index (χ0n) is 23.9. The molecule has 6 heteroatoms. The summed E-state index contributed by atoms with van der Waals surface area (Å²) in [5.74, 6) is -0.129. The standard InChI is InChI=1S/C31H44O6/c1-19-14-22(16-24(28(19)34)30(4,5)6)10-12-26(32)36-18-21(3)37-27(33)13-11-23-15-20(2)29(35)25(17-23)31(7,8)9/h14-17,21,34-35H,10-13,18H2,1-9H3. The minimum atomic E-state index is -0.549. The molecule has 2 rings (SSSR count). The first-order valence-electron chi connectivity index (χ1n) is 13.0. The van der Waals surface area contributed by atoms with E-state index in [4.69, 9.17) is 9.47 Å². The SMILES string of the molecule is Cc1cc(CCC(=O)OCC(C)OC(=O)CCc2cc(C)c(O)c(C(C)(C)C)c2)cc(C(C)(C)C)c1O. The first-order valence-corrected chi connectivity index (χ1v) is 13.0. The highest BCUT2D eigenvalue weighted by molar-refractivity contribution is 5.71. The van der Waals surface area contributed by atoms with E-state index in [9.17, 15) is 19.8 Å². The van der Waals surface area contributed by atoms with Gasteiger partial charge in [-0.15, -0.1) is 0 Å². The first-order chi connectivity index (χ1) is 17.0. The van der Waals surface area contributed by atoms with Crippen LogP contribution in [0.3, 0.4) is 0 Å². The Balaban J connectivity index is 1.82. The molecule has 0 radical (unpaired) electrons. The Morgan fingerprint density at radius 1 is 0.757 bits per heavy atom. The summed E-state index contributed by atoms with van der Waals surface area (Å²) in [5, 5.41) is 20.8. The second-order valence-electron chi connectivity index (χ2n) is 12.1. The highest BCUT2D eigenvalue weighted by Crippen LogP contribution is 2.35. The minimum absolute atomic E-state index is 0.00108. The van der Waals surface area contributed by atoms with Crippen molar-refractivity contribution in [2.75, 3.05) is 6.61 Å². The molecule has 2 aromatic rings. The van der Waals surface area contributed by atoms with E-state index in [1.54, 1.807) is 6.92 Å². The smallest absolute Gasteiger partial charge is 0.306 e. The quantitative estimate of drug-likeness (QED) is 0.380. The van der Waals surface area contributed by atoms with Gasteiger partial charge in [0.25, 0.3) is 0 Å². The van der Waals surface area contributed by atoms with Crippen molar-refractivity contribution >= 4 is 11.9 Å². The second-order valence-corrected chi connectivity index (χ2v) is 12.1. The third-order valence-electron chi connectivity index (χ3n) is 6.38. The molecule has 0 aliphatic carbocycles. The number of rotatable bonds is 9.